The lowest BCUT2D eigenvalue weighted by molar-refractivity contribution is -0.645. The van der Waals surface area contributed by atoms with Crippen LogP contribution in [0.25, 0.3) is 10.9 Å². The van der Waals surface area contributed by atoms with Crippen molar-refractivity contribution in [3.05, 3.63) is 41.6 Å². The SMILES string of the molecule is C[n+]1cc2c(c3ccccc31)CCCCCCCCCCCCC2. The maximum Gasteiger partial charge on any atom is 0.212 e. The number of pyridine rings is 1. The number of rotatable bonds is 0. The Labute approximate surface area is 148 Å². The highest BCUT2D eigenvalue weighted by Gasteiger charge is 2.15. The molecule has 2 aromatic rings. The molecular formula is C23H34N+. The monoisotopic (exact) mass is 324 g/mol. The van der Waals surface area contributed by atoms with Gasteiger partial charge in [-0.25, -0.2) is 4.57 Å². The minimum atomic E-state index is 1.26. The van der Waals surface area contributed by atoms with E-state index in [1.807, 2.05) is 0 Å². The second kappa shape index (κ2) is 9.20. The van der Waals surface area contributed by atoms with Gasteiger partial charge >= 0.3 is 0 Å². The van der Waals surface area contributed by atoms with Gasteiger partial charge in [0.15, 0.2) is 6.20 Å². The van der Waals surface area contributed by atoms with E-state index in [1.54, 1.807) is 11.1 Å². The molecule has 0 aliphatic heterocycles. The molecule has 1 aromatic carbocycles. The number of aromatic nitrogens is 1. The molecule has 1 heterocycles. The Morgan fingerprint density at radius 1 is 0.667 bits per heavy atom. The van der Waals surface area contributed by atoms with Crippen LogP contribution in [0.15, 0.2) is 30.5 Å². The first kappa shape index (κ1) is 17.5. The highest BCUT2D eigenvalue weighted by Crippen LogP contribution is 2.24. The van der Waals surface area contributed by atoms with Gasteiger partial charge in [-0.3, -0.25) is 0 Å². The van der Waals surface area contributed by atoms with Gasteiger partial charge in [-0.05, 0) is 37.3 Å². The lowest BCUT2D eigenvalue weighted by atomic mass is 9.94. The molecule has 0 atom stereocenters. The number of para-hydroxylation sites is 1. The third kappa shape index (κ3) is 4.59. The van der Waals surface area contributed by atoms with Gasteiger partial charge < -0.3 is 0 Å². The number of nitrogens with zero attached hydrogens (tertiary/aromatic N) is 1. The van der Waals surface area contributed by atoms with Crippen LogP contribution in [0.5, 0.6) is 0 Å². The quantitative estimate of drug-likeness (QED) is 0.519. The average molecular weight is 325 g/mol. The Morgan fingerprint density at radius 2 is 1.21 bits per heavy atom. The molecule has 1 heteroatoms. The molecular weight excluding hydrogens is 290 g/mol. The van der Waals surface area contributed by atoms with Gasteiger partial charge in [-0.1, -0.05) is 69.9 Å². The summed E-state index contributed by atoms with van der Waals surface area (Å²) in [7, 11) is 2.21. The summed E-state index contributed by atoms with van der Waals surface area (Å²) in [6, 6.07) is 8.98. The zero-order valence-corrected chi connectivity index (χ0v) is 15.5. The molecule has 130 valence electrons. The molecule has 1 nitrogen and oxygen atoms in total. The number of aryl methyl sites for hydroxylation is 3. The second-order valence-corrected chi connectivity index (χ2v) is 7.65. The summed E-state index contributed by atoms with van der Waals surface area (Å²) in [5, 5.41) is 1.49. The largest absolute Gasteiger partial charge is 0.212 e. The van der Waals surface area contributed by atoms with Crippen LogP contribution in [0, 0.1) is 0 Å². The molecule has 24 heavy (non-hydrogen) atoms. The minimum absolute atomic E-state index is 1.26. The van der Waals surface area contributed by atoms with Crippen LogP contribution in [0.4, 0.5) is 0 Å². The predicted octanol–water partition coefficient (Wildman–Crippen LogP) is 6.05. The van der Waals surface area contributed by atoms with Crippen molar-refractivity contribution in [3.8, 4) is 0 Å². The predicted molar refractivity (Wildman–Crippen MR) is 103 cm³/mol. The molecule has 0 saturated carbocycles. The lowest BCUT2D eigenvalue weighted by Crippen LogP contribution is -2.30. The van der Waals surface area contributed by atoms with E-state index in [-0.39, 0.29) is 0 Å². The van der Waals surface area contributed by atoms with E-state index in [0.717, 1.165) is 0 Å². The first-order valence-corrected chi connectivity index (χ1v) is 10.3. The molecule has 1 aliphatic carbocycles. The van der Waals surface area contributed by atoms with Gasteiger partial charge in [0.05, 0.1) is 0 Å². The van der Waals surface area contributed by atoms with Gasteiger partial charge in [0.1, 0.15) is 7.05 Å². The van der Waals surface area contributed by atoms with Gasteiger partial charge in [0.2, 0.25) is 5.52 Å². The second-order valence-electron chi connectivity index (χ2n) is 7.65. The van der Waals surface area contributed by atoms with Crippen LogP contribution in [-0.2, 0) is 19.9 Å². The number of fused-ring (bicyclic) bond motifs is 3. The fourth-order valence-corrected chi connectivity index (χ4v) is 4.31. The summed E-state index contributed by atoms with van der Waals surface area (Å²) in [6.45, 7) is 0. The Kier molecular flexibility index (Phi) is 6.69. The number of hydrogen-bond acceptors (Lipinski definition) is 0. The smallest absolute Gasteiger partial charge is 0.201 e. The summed E-state index contributed by atoms with van der Waals surface area (Å²) in [5.74, 6) is 0. The Hall–Kier alpha value is -1.37. The summed E-state index contributed by atoms with van der Waals surface area (Å²) in [4.78, 5) is 0. The molecule has 1 aliphatic rings. The van der Waals surface area contributed by atoms with Crippen molar-refractivity contribution < 1.29 is 4.57 Å². The van der Waals surface area contributed by atoms with Crippen molar-refractivity contribution in [2.24, 2.45) is 7.05 Å². The first-order valence-electron chi connectivity index (χ1n) is 10.3. The molecule has 0 N–H and O–H groups in total. The Balaban J connectivity index is 1.83. The molecule has 0 spiro atoms. The fraction of sp³-hybridized carbons (Fsp3) is 0.609. The summed E-state index contributed by atoms with van der Waals surface area (Å²) in [5.41, 5.74) is 4.62. The Morgan fingerprint density at radius 3 is 1.88 bits per heavy atom. The average Bonchev–Trinajstić information content (AvgIpc) is 2.61. The van der Waals surface area contributed by atoms with Crippen molar-refractivity contribution in [2.45, 2.75) is 83.5 Å². The highest BCUT2D eigenvalue weighted by atomic mass is 14.9. The van der Waals surface area contributed by atoms with E-state index in [1.165, 1.54) is 94.4 Å². The van der Waals surface area contributed by atoms with Gasteiger partial charge in [-0.15, -0.1) is 0 Å². The van der Waals surface area contributed by atoms with E-state index < -0.39 is 0 Å². The maximum atomic E-state index is 2.41. The van der Waals surface area contributed by atoms with E-state index in [4.69, 9.17) is 0 Å². The van der Waals surface area contributed by atoms with Crippen LogP contribution >= 0.6 is 0 Å². The zero-order valence-electron chi connectivity index (χ0n) is 15.5. The highest BCUT2D eigenvalue weighted by molar-refractivity contribution is 5.80. The van der Waals surface area contributed by atoms with Gasteiger partial charge in [0.25, 0.3) is 0 Å². The third-order valence-corrected chi connectivity index (χ3v) is 5.72. The third-order valence-electron chi connectivity index (χ3n) is 5.72. The van der Waals surface area contributed by atoms with E-state index >= 15 is 0 Å². The van der Waals surface area contributed by atoms with Crippen LogP contribution in [0.3, 0.4) is 0 Å². The van der Waals surface area contributed by atoms with Gasteiger partial charge in [-0.2, -0.15) is 0 Å². The molecule has 0 unspecified atom stereocenters. The summed E-state index contributed by atoms with van der Waals surface area (Å²) < 4.78 is 2.34. The molecule has 0 fully saturated rings. The normalized spacial score (nSPS) is 18.5. The molecule has 3 rings (SSSR count). The summed E-state index contributed by atoms with van der Waals surface area (Å²) >= 11 is 0. The van der Waals surface area contributed by atoms with Crippen LogP contribution in [0.1, 0.15) is 81.8 Å². The summed E-state index contributed by atoms with van der Waals surface area (Å²) in [6.07, 6.45) is 20.5. The first-order chi connectivity index (χ1) is 11.9. The molecule has 0 radical (unpaired) electrons. The molecule has 0 amide bonds. The fourth-order valence-electron chi connectivity index (χ4n) is 4.31. The van der Waals surface area contributed by atoms with Crippen LogP contribution in [0.2, 0.25) is 0 Å². The van der Waals surface area contributed by atoms with Crippen molar-refractivity contribution in [1.29, 1.82) is 0 Å². The van der Waals surface area contributed by atoms with Crippen molar-refractivity contribution in [1.82, 2.24) is 0 Å². The maximum absolute atomic E-state index is 2.41. The van der Waals surface area contributed by atoms with Crippen LogP contribution in [-0.4, -0.2) is 0 Å². The Bertz CT molecular complexity index is 644. The minimum Gasteiger partial charge on any atom is -0.201 e. The van der Waals surface area contributed by atoms with E-state index in [2.05, 4.69) is 42.1 Å². The number of hydrogen-bond donors (Lipinski definition) is 0. The van der Waals surface area contributed by atoms with E-state index in [9.17, 15) is 0 Å². The molecule has 1 aromatic heterocycles. The van der Waals surface area contributed by atoms with Gasteiger partial charge in [0, 0.05) is 17.0 Å². The van der Waals surface area contributed by atoms with Crippen molar-refractivity contribution in [3.63, 3.8) is 0 Å². The lowest BCUT2D eigenvalue weighted by Gasteiger charge is -2.12. The standard InChI is InChI=1S/C23H34N/c1-24-19-20-15-11-9-7-5-3-2-4-6-8-10-12-16-21(20)22-17-13-14-18-23(22)24/h13-14,17-19H,2-12,15-16H2,1H3/q+1. The number of benzene rings is 1. The molecule has 0 saturated heterocycles. The molecule has 0 bridgehead atoms. The topological polar surface area (TPSA) is 3.88 Å². The van der Waals surface area contributed by atoms with Crippen LogP contribution < -0.4 is 4.57 Å². The zero-order chi connectivity index (χ0) is 16.6. The van der Waals surface area contributed by atoms with E-state index in [0.29, 0.717) is 0 Å². The van der Waals surface area contributed by atoms with Crippen molar-refractivity contribution in [2.75, 3.05) is 0 Å². The van der Waals surface area contributed by atoms with Crippen molar-refractivity contribution >= 4 is 10.9 Å².